The normalized spacial score (nSPS) is 13.0. The number of carbonyl (C=O) groups excluding carboxylic acids is 2. The number of hydrogen-bond donors (Lipinski definition) is 2. The average Bonchev–Trinajstić information content (AvgIpc) is 3.18. The van der Waals surface area contributed by atoms with Crippen molar-refractivity contribution in [1.82, 2.24) is 20.3 Å². The van der Waals surface area contributed by atoms with Crippen molar-refractivity contribution >= 4 is 28.5 Å². The zero-order chi connectivity index (χ0) is 16.7. The highest BCUT2D eigenvalue weighted by atomic mass is 16.2. The molecule has 0 saturated carbocycles. The van der Waals surface area contributed by atoms with E-state index in [2.05, 4.69) is 20.9 Å². The maximum Gasteiger partial charge on any atom is 0.255 e. The minimum absolute atomic E-state index is 0.112. The molecule has 1 aliphatic heterocycles. The summed E-state index contributed by atoms with van der Waals surface area (Å²) < 4.78 is 1.77. The van der Waals surface area contributed by atoms with E-state index < -0.39 is 0 Å². The number of amides is 2. The molecule has 0 fully saturated rings. The lowest BCUT2D eigenvalue weighted by Crippen LogP contribution is -2.14. The van der Waals surface area contributed by atoms with Crippen molar-refractivity contribution in [3.63, 3.8) is 0 Å². The van der Waals surface area contributed by atoms with Crippen molar-refractivity contribution in [1.29, 1.82) is 0 Å². The Hall–Kier alpha value is -3.22. The van der Waals surface area contributed by atoms with E-state index in [-0.39, 0.29) is 11.8 Å². The predicted octanol–water partition coefficient (Wildman–Crippen LogP) is 1.95. The smallest absolute Gasteiger partial charge is 0.255 e. The van der Waals surface area contributed by atoms with Gasteiger partial charge < -0.3 is 10.6 Å². The number of fused-ring (bicyclic) bond motifs is 2. The first-order chi connectivity index (χ1) is 11.7. The van der Waals surface area contributed by atoms with E-state index >= 15 is 0 Å². The van der Waals surface area contributed by atoms with E-state index in [4.69, 9.17) is 0 Å². The highest BCUT2D eigenvalue weighted by Crippen LogP contribution is 2.21. The summed E-state index contributed by atoms with van der Waals surface area (Å²) in [4.78, 5) is 24.2. The van der Waals surface area contributed by atoms with E-state index in [0.29, 0.717) is 28.9 Å². The van der Waals surface area contributed by atoms with Gasteiger partial charge >= 0.3 is 0 Å². The fourth-order valence-corrected chi connectivity index (χ4v) is 2.84. The van der Waals surface area contributed by atoms with Gasteiger partial charge in [0.25, 0.3) is 11.8 Å². The number of rotatable bonds is 3. The lowest BCUT2D eigenvalue weighted by atomic mass is 10.1. The lowest BCUT2D eigenvalue weighted by molar-refractivity contribution is 0.0964. The van der Waals surface area contributed by atoms with E-state index in [0.717, 1.165) is 17.6 Å². The fraction of sp³-hybridized carbons (Fsp3) is 0.176. The molecule has 0 unspecified atom stereocenters. The van der Waals surface area contributed by atoms with Crippen LogP contribution in [0.4, 0.5) is 5.69 Å². The van der Waals surface area contributed by atoms with Gasteiger partial charge in [0.05, 0.1) is 5.52 Å². The molecule has 0 spiro atoms. The Balaban J connectivity index is 1.60. The van der Waals surface area contributed by atoms with Crippen molar-refractivity contribution in [2.75, 3.05) is 5.32 Å². The Morgan fingerprint density at radius 2 is 2.17 bits per heavy atom. The third-order valence-electron chi connectivity index (χ3n) is 4.13. The van der Waals surface area contributed by atoms with Crippen LogP contribution in [0, 0.1) is 0 Å². The molecule has 7 nitrogen and oxygen atoms in total. The van der Waals surface area contributed by atoms with E-state index in [1.807, 2.05) is 19.1 Å². The van der Waals surface area contributed by atoms with Crippen LogP contribution in [0.1, 0.15) is 33.2 Å². The van der Waals surface area contributed by atoms with Crippen LogP contribution >= 0.6 is 0 Å². The monoisotopic (exact) mass is 321 g/mol. The minimum atomic E-state index is -0.249. The van der Waals surface area contributed by atoms with Gasteiger partial charge in [-0.2, -0.15) is 0 Å². The number of aryl methyl sites for hydroxylation is 1. The molecule has 24 heavy (non-hydrogen) atoms. The first-order valence-corrected chi connectivity index (χ1v) is 7.71. The SMILES string of the molecule is CCn1nnc2cc(C(=O)Nc3ccc4c(c3)C(=O)NC4)ccc21. The molecular weight excluding hydrogens is 306 g/mol. The van der Waals surface area contributed by atoms with Gasteiger partial charge in [-0.05, 0) is 42.8 Å². The summed E-state index contributed by atoms with van der Waals surface area (Å²) in [6.45, 7) is 3.24. The standard InChI is InChI=1S/C17H15N5O2/c1-2-22-15-6-4-10(7-14(15)20-21-22)16(23)19-12-5-3-11-9-18-17(24)13(11)8-12/h3-8H,2,9H2,1H3,(H,18,24)(H,19,23). The van der Waals surface area contributed by atoms with Gasteiger partial charge in [-0.15, -0.1) is 5.10 Å². The molecule has 0 bridgehead atoms. The van der Waals surface area contributed by atoms with Crippen molar-refractivity contribution in [3.05, 3.63) is 53.1 Å². The van der Waals surface area contributed by atoms with Crippen molar-refractivity contribution < 1.29 is 9.59 Å². The maximum atomic E-state index is 12.4. The predicted molar refractivity (Wildman–Crippen MR) is 88.8 cm³/mol. The molecule has 4 rings (SSSR count). The van der Waals surface area contributed by atoms with Gasteiger partial charge in [-0.1, -0.05) is 11.3 Å². The van der Waals surface area contributed by atoms with Crippen molar-refractivity contribution in [2.24, 2.45) is 0 Å². The Morgan fingerprint density at radius 3 is 3.00 bits per heavy atom. The minimum Gasteiger partial charge on any atom is -0.348 e. The molecule has 3 aromatic rings. The van der Waals surface area contributed by atoms with Crippen LogP contribution in [-0.4, -0.2) is 26.8 Å². The molecule has 120 valence electrons. The highest BCUT2D eigenvalue weighted by molar-refractivity contribution is 6.07. The van der Waals surface area contributed by atoms with Crippen molar-refractivity contribution in [2.45, 2.75) is 20.0 Å². The Labute approximate surface area is 137 Å². The number of nitrogens with one attached hydrogen (secondary N) is 2. The topological polar surface area (TPSA) is 88.9 Å². The molecule has 0 saturated heterocycles. The van der Waals surface area contributed by atoms with Crippen LogP contribution in [0.5, 0.6) is 0 Å². The summed E-state index contributed by atoms with van der Waals surface area (Å²) in [7, 11) is 0. The Kier molecular flexibility index (Phi) is 3.26. The van der Waals surface area contributed by atoms with E-state index in [9.17, 15) is 9.59 Å². The van der Waals surface area contributed by atoms with Gasteiger partial charge in [0, 0.05) is 29.9 Å². The summed E-state index contributed by atoms with van der Waals surface area (Å²) in [5, 5.41) is 13.7. The van der Waals surface area contributed by atoms with Crippen LogP contribution in [0.25, 0.3) is 11.0 Å². The Bertz CT molecular complexity index is 976. The summed E-state index contributed by atoms with van der Waals surface area (Å²) in [6.07, 6.45) is 0. The molecular formula is C17H15N5O2. The molecule has 7 heteroatoms. The maximum absolute atomic E-state index is 12.4. The largest absolute Gasteiger partial charge is 0.348 e. The average molecular weight is 321 g/mol. The number of aromatic nitrogens is 3. The summed E-state index contributed by atoms with van der Waals surface area (Å²) in [5.41, 5.74) is 4.20. The zero-order valence-corrected chi connectivity index (χ0v) is 13.0. The molecule has 1 aliphatic rings. The zero-order valence-electron chi connectivity index (χ0n) is 13.0. The second-order valence-corrected chi connectivity index (χ2v) is 5.62. The molecule has 1 aromatic heterocycles. The van der Waals surface area contributed by atoms with Crippen LogP contribution in [0.15, 0.2) is 36.4 Å². The third kappa shape index (κ3) is 2.30. The van der Waals surface area contributed by atoms with Crippen LogP contribution < -0.4 is 10.6 Å². The van der Waals surface area contributed by atoms with Gasteiger partial charge in [-0.25, -0.2) is 4.68 Å². The number of anilines is 1. The third-order valence-corrected chi connectivity index (χ3v) is 4.13. The molecule has 2 N–H and O–H groups in total. The lowest BCUT2D eigenvalue weighted by Gasteiger charge is -2.07. The van der Waals surface area contributed by atoms with Gasteiger partial charge in [0.2, 0.25) is 0 Å². The van der Waals surface area contributed by atoms with Gasteiger partial charge in [0.15, 0.2) is 0 Å². The fourth-order valence-electron chi connectivity index (χ4n) is 2.84. The quantitative estimate of drug-likeness (QED) is 0.771. The molecule has 0 aliphatic carbocycles. The summed E-state index contributed by atoms with van der Waals surface area (Å²) in [6, 6.07) is 10.6. The summed E-state index contributed by atoms with van der Waals surface area (Å²) in [5.74, 6) is -0.361. The number of carbonyl (C=O) groups is 2. The van der Waals surface area contributed by atoms with Crippen LogP contribution in [0.3, 0.4) is 0 Å². The highest BCUT2D eigenvalue weighted by Gasteiger charge is 2.19. The Morgan fingerprint density at radius 1 is 1.29 bits per heavy atom. The van der Waals surface area contributed by atoms with E-state index in [1.165, 1.54) is 0 Å². The summed E-state index contributed by atoms with van der Waals surface area (Å²) >= 11 is 0. The first kappa shape index (κ1) is 14.4. The molecule has 0 radical (unpaired) electrons. The second kappa shape index (κ2) is 5.45. The first-order valence-electron chi connectivity index (χ1n) is 7.71. The number of benzene rings is 2. The number of hydrogen-bond acceptors (Lipinski definition) is 4. The van der Waals surface area contributed by atoms with E-state index in [1.54, 1.807) is 28.9 Å². The molecule has 0 atom stereocenters. The molecule has 2 aromatic carbocycles. The molecule has 2 amide bonds. The van der Waals surface area contributed by atoms with Crippen molar-refractivity contribution in [3.8, 4) is 0 Å². The molecule has 2 heterocycles. The van der Waals surface area contributed by atoms with Crippen LogP contribution in [0.2, 0.25) is 0 Å². The second-order valence-electron chi connectivity index (χ2n) is 5.62. The van der Waals surface area contributed by atoms with Gasteiger partial charge in [-0.3, -0.25) is 9.59 Å². The van der Waals surface area contributed by atoms with Gasteiger partial charge in [0.1, 0.15) is 5.52 Å². The van der Waals surface area contributed by atoms with Crippen LogP contribution in [-0.2, 0) is 13.1 Å². The number of nitrogens with zero attached hydrogens (tertiary/aromatic N) is 3.